The van der Waals surface area contributed by atoms with E-state index in [1.807, 2.05) is 30.3 Å². The molecule has 0 saturated carbocycles. The first-order valence-corrected chi connectivity index (χ1v) is 9.98. The van der Waals surface area contributed by atoms with Crippen molar-refractivity contribution in [2.75, 3.05) is 26.2 Å². The van der Waals surface area contributed by atoms with Crippen molar-refractivity contribution in [3.05, 3.63) is 74.8 Å². The Balaban J connectivity index is 1.71. The molecule has 1 N–H and O–H groups in total. The Morgan fingerprint density at radius 2 is 1.77 bits per heavy atom. The Bertz CT molecular complexity index is 929. The van der Waals surface area contributed by atoms with E-state index in [4.69, 9.17) is 16.7 Å². The van der Waals surface area contributed by atoms with Gasteiger partial charge in [-0.05, 0) is 18.1 Å². The fraction of sp³-hybridized carbons (Fsp3) is 0.333. The van der Waals surface area contributed by atoms with Gasteiger partial charge in [0.2, 0.25) is 0 Å². The normalized spacial score (nSPS) is 15.6. The summed E-state index contributed by atoms with van der Waals surface area (Å²) in [6.07, 6.45) is 0.534. The molecule has 1 heterocycles. The van der Waals surface area contributed by atoms with Gasteiger partial charge in [0.1, 0.15) is 0 Å². The molecule has 30 heavy (non-hydrogen) atoms. The van der Waals surface area contributed by atoms with E-state index in [2.05, 4.69) is 4.90 Å². The monoisotopic (exact) mass is 431 g/mol. The van der Waals surface area contributed by atoms with E-state index < -0.39 is 10.9 Å². The third kappa shape index (κ3) is 5.14. The number of carboxylic acids is 1. The number of nitro groups is 1. The first-order chi connectivity index (χ1) is 14.4. The fourth-order valence-corrected chi connectivity index (χ4v) is 3.89. The van der Waals surface area contributed by atoms with Crippen LogP contribution in [0.25, 0.3) is 0 Å². The van der Waals surface area contributed by atoms with Crippen LogP contribution in [0.2, 0.25) is 5.02 Å². The van der Waals surface area contributed by atoms with Gasteiger partial charge in [0, 0.05) is 50.8 Å². The number of hydrogen-bond acceptors (Lipinski definition) is 5. The standard InChI is InChI=1S/C21H22ClN3O5/c22-18-7-6-16(25(29)30)14-17(18)21(28)24-12-10-23(11-13-24)19(8-9-20(26)27)15-4-2-1-3-5-15/h1-7,14,19H,8-13H2,(H,26,27)/t19-/m1/s1. The number of hydrogen-bond donors (Lipinski definition) is 1. The summed E-state index contributed by atoms with van der Waals surface area (Å²) in [5.74, 6) is -1.18. The van der Waals surface area contributed by atoms with Crippen LogP contribution in [0.15, 0.2) is 48.5 Å². The van der Waals surface area contributed by atoms with Crippen LogP contribution in [-0.2, 0) is 4.79 Å². The maximum Gasteiger partial charge on any atom is 0.303 e. The number of aliphatic carboxylic acids is 1. The lowest BCUT2D eigenvalue weighted by Gasteiger charge is -2.39. The molecule has 158 valence electrons. The van der Waals surface area contributed by atoms with Crippen LogP contribution < -0.4 is 0 Å². The molecule has 0 radical (unpaired) electrons. The number of carboxylic acid groups (broad SMARTS) is 1. The van der Waals surface area contributed by atoms with Crippen molar-refractivity contribution in [3.8, 4) is 0 Å². The molecule has 0 spiro atoms. The Kier molecular flexibility index (Phi) is 7.02. The number of piperazine rings is 1. The molecule has 1 atom stereocenters. The number of nitrogens with zero attached hydrogens (tertiary/aromatic N) is 3. The van der Waals surface area contributed by atoms with Gasteiger partial charge < -0.3 is 10.0 Å². The minimum absolute atomic E-state index is 0.0547. The zero-order valence-electron chi connectivity index (χ0n) is 16.2. The molecule has 2 aromatic rings. The maximum absolute atomic E-state index is 12.9. The number of rotatable bonds is 7. The lowest BCUT2D eigenvalue weighted by Crippen LogP contribution is -2.49. The molecule has 1 fully saturated rings. The second-order valence-corrected chi connectivity index (χ2v) is 7.52. The minimum atomic E-state index is -0.843. The van der Waals surface area contributed by atoms with Crippen LogP contribution in [0.5, 0.6) is 0 Å². The van der Waals surface area contributed by atoms with Crippen LogP contribution in [-0.4, -0.2) is 57.9 Å². The second kappa shape index (κ2) is 9.69. The van der Waals surface area contributed by atoms with Crippen molar-refractivity contribution in [2.24, 2.45) is 0 Å². The second-order valence-electron chi connectivity index (χ2n) is 7.11. The molecule has 0 bridgehead atoms. The molecule has 0 unspecified atom stereocenters. The predicted molar refractivity (Wildman–Crippen MR) is 112 cm³/mol. The van der Waals surface area contributed by atoms with Crippen LogP contribution in [0.3, 0.4) is 0 Å². The van der Waals surface area contributed by atoms with Crippen molar-refractivity contribution < 1.29 is 19.6 Å². The Morgan fingerprint density at radius 1 is 1.10 bits per heavy atom. The molecule has 8 nitrogen and oxygen atoms in total. The van der Waals surface area contributed by atoms with E-state index in [-0.39, 0.29) is 34.6 Å². The highest BCUT2D eigenvalue weighted by molar-refractivity contribution is 6.33. The third-order valence-electron chi connectivity index (χ3n) is 5.25. The molecule has 1 amide bonds. The molecule has 0 aliphatic carbocycles. The van der Waals surface area contributed by atoms with E-state index in [0.717, 1.165) is 5.56 Å². The molecule has 1 aliphatic heterocycles. The van der Waals surface area contributed by atoms with Gasteiger partial charge in [-0.25, -0.2) is 0 Å². The highest BCUT2D eigenvalue weighted by Crippen LogP contribution is 2.28. The summed E-state index contributed by atoms with van der Waals surface area (Å²) in [4.78, 5) is 38.2. The van der Waals surface area contributed by atoms with E-state index in [0.29, 0.717) is 32.6 Å². The third-order valence-corrected chi connectivity index (χ3v) is 5.58. The summed E-state index contributed by atoms with van der Waals surface area (Å²) in [5.41, 5.74) is 0.976. The molecular weight excluding hydrogens is 410 g/mol. The fourth-order valence-electron chi connectivity index (χ4n) is 3.69. The van der Waals surface area contributed by atoms with E-state index in [1.54, 1.807) is 4.90 Å². The maximum atomic E-state index is 12.9. The van der Waals surface area contributed by atoms with Gasteiger partial charge in [0.15, 0.2) is 0 Å². The van der Waals surface area contributed by atoms with Gasteiger partial charge in [0.05, 0.1) is 15.5 Å². The summed E-state index contributed by atoms with van der Waals surface area (Å²) in [5, 5.41) is 20.3. The van der Waals surface area contributed by atoms with Crippen molar-refractivity contribution in [2.45, 2.75) is 18.9 Å². The number of nitro benzene ring substituents is 1. The summed E-state index contributed by atoms with van der Waals surface area (Å²) < 4.78 is 0. The predicted octanol–water partition coefficient (Wildman–Crippen LogP) is 3.61. The largest absolute Gasteiger partial charge is 0.481 e. The van der Waals surface area contributed by atoms with Crippen molar-refractivity contribution in [1.29, 1.82) is 0 Å². The van der Waals surface area contributed by atoms with Gasteiger partial charge in [-0.2, -0.15) is 0 Å². The first-order valence-electron chi connectivity index (χ1n) is 9.61. The number of carbonyl (C=O) groups excluding carboxylic acids is 1. The van der Waals surface area contributed by atoms with Crippen molar-refractivity contribution >= 4 is 29.2 Å². The van der Waals surface area contributed by atoms with Gasteiger partial charge >= 0.3 is 5.97 Å². The summed E-state index contributed by atoms with van der Waals surface area (Å²) >= 11 is 6.11. The van der Waals surface area contributed by atoms with Crippen LogP contribution >= 0.6 is 11.6 Å². The highest BCUT2D eigenvalue weighted by atomic mass is 35.5. The van der Waals surface area contributed by atoms with E-state index in [1.165, 1.54) is 18.2 Å². The lowest BCUT2D eigenvalue weighted by molar-refractivity contribution is -0.384. The quantitative estimate of drug-likeness (QED) is 0.530. The van der Waals surface area contributed by atoms with Gasteiger partial charge in [-0.1, -0.05) is 41.9 Å². The van der Waals surface area contributed by atoms with Crippen molar-refractivity contribution in [1.82, 2.24) is 9.80 Å². The highest BCUT2D eigenvalue weighted by Gasteiger charge is 2.29. The van der Waals surface area contributed by atoms with E-state index in [9.17, 15) is 19.7 Å². The van der Waals surface area contributed by atoms with Gasteiger partial charge in [-0.3, -0.25) is 24.6 Å². The molecule has 1 aliphatic rings. The van der Waals surface area contributed by atoms with Crippen LogP contribution in [0.4, 0.5) is 5.69 Å². The molecule has 3 rings (SSSR count). The zero-order valence-corrected chi connectivity index (χ0v) is 17.0. The number of halogens is 1. The smallest absolute Gasteiger partial charge is 0.303 e. The SMILES string of the molecule is O=C(O)CC[C@H](c1ccccc1)N1CCN(C(=O)c2cc([N+](=O)[O-])ccc2Cl)CC1. The van der Waals surface area contributed by atoms with E-state index >= 15 is 0 Å². The number of non-ortho nitro benzene ring substituents is 1. The number of carbonyl (C=O) groups is 2. The molecule has 2 aromatic carbocycles. The average molecular weight is 432 g/mol. The Labute approximate surface area is 178 Å². The topological polar surface area (TPSA) is 104 Å². The number of benzene rings is 2. The van der Waals surface area contributed by atoms with Crippen LogP contribution in [0, 0.1) is 10.1 Å². The zero-order chi connectivity index (χ0) is 21.7. The lowest BCUT2D eigenvalue weighted by atomic mass is 9.99. The summed E-state index contributed by atoms with van der Waals surface area (Å²) in [6.45, 7) is 1.98. The molecular formula is C21H22ClN3O5. The summed E-state index contributed by atoms with van der Waals surface area (Å²) in [6, 6.07) is 13.5. The van der Waals surface area contributed by atoms with Crippen LogP contribution in [0.1, 0.15) is 34.8 Å². The van der Waals surface area contributed by atoms with Gasteiger partial charge in [-0.15, -0.1) is 0 Å². The van der Waals surface area contributed by atoms with Gasteiger partial charge in [0.25, 0.3) is 11.6 Å². The molecule has 9 heteroatoms. The molecule has 0 aromatic heterocycles. The van der Waals surface area contributed by atoms with Crippen molar-refractivity contribution in [3.63, 3.8) is 0 Å². The molecule has 1 saturated heterocycles. The minimum Gasteiger partial charge on any atom is -0.481 e. The first kappa shape index (κ1) is 21.7. The number of amides is 1. The summed E-state index contributed by atoms with van der Waals surface area (Å²) in [7, 11) is 0. The average Bonchev–Trinajstić information content (AvgIpc) is 2.74. The Morgan fingerprint density at radius 3 is 2.37 bits per heavy atom. The Hall–Kier alpha value is -2.97.